The van der Waals surface area contributed by atoms with Gasteiger partial charge in [0.2, 0.25) is 0 Å². The lowest BCUT2D eigenvalue weighted by atomic mass is 10.0. The molecule has 0 aliphatic carbocycles. The molecule has 6 heteroatoms. The van der Waals surface area contributed by atoms with Gasteiger partial charge >= 0.3 is 0 Å². The van der Waals surface area contributed by atoms with Gasteiger partial charge in [0.25, 0.3) is 0 Å². The van der Waals surface area contributed by atoms with E-state index in [-0.39, 0.29) is 10.0 Å². The average molecular weight is 359 g/mol. The summed E-state index contributed by atoms with van der Waals surface area (Å²) >= 11 is 2.89. The first-order valence-electron chi connectivity index (χ1n) is 6.02. The Kier molecular flexibility index (Phi) is 4.80. The van der Waals surface area contributed by atoms with Crippen LogP contribution in [0.15, 0.2) is 34.8 Å². The minimum atomic E-state index is -1.31. The molecule has 0 radical (unpaired) electrons. The van der Waals surface area contributed by atoms with Crippen LogP contribution in [0.5, 0.6) is 11.5 Å². The summed E-state index contributed by atoms with van der Waals surface area (Å²) in [7, 11) is 2.94. The van der Waals surface area contributed by atoms with Gasteiger partial charge in [-0.15, -0.1) is 0 Å². The molecule has 2 aromatic carbocycles. The van der Waals surface area contributed by atoms with E-state index >= 15 is 0 Å². The van der Waals surface area contributed by atoms with Crippen LogP contribution in [0.1, 0.15) is 17.2 Å². The van der Waals surface area contributed by atoms with Crippen molar-refractivity contribution in [2.75, 3.05) is 14.2 Å². The maximum atomic E-state index is 13.9. The average Bonchev–Trinajstić information content (AvgIpc) is 2.49. The Labute approximate surface area is 129 Å². The molecule has 0 bridgehead atoms. The molecule has 2 rings (SSSR count). The zero-order valence-corrected chi connectivity index (χ0v) is 12.9. The number of hydrogen-bond donors (Lipinski definition) is 1. The van der Waals surface area contributed by atoms with Gasteiger partial charge in [0, 0.05) is 5.56 Å². The molecule has 3 nitrogen and oxygen atoms in total. The first kappa shape index (κ1) is 15.7. The largest absolute Gasteiger partial charge is 0.493 e. The third-order valence-corrected chi connectivity index (χ3v) is 3.67. The van der Waals surface area contributed by atoms with Gasteiger partial charge < -0.3 is 14.6 Å². The van der Waals surface area contributed by atoms with Gasteiger partial charge in [0.15, 0.2) is 11.5 Å². The molecule has 0 aromatic heterocycles. The van der Waals surface area contributed by atoms with Crippen LogP contribution in [0.25, 0.3) is 0 Å². The zero-order chi connectivity index (χ0) is 15.6. The minimum Gasteiger partial charge on any atom is -0.493 e. The third kappa shape index (κ3) is 3.16. The fraction of sp³-hybridized carbons (Fsp3) is 0.200. The summed E-state index contributed by atoms with van der Waals surface area (Å²) in [6, 6.07) is 6.61. The molecule has 0 heterocycles. The Balaban J connectivity index is 2.45. The van der Waals surface area contributed by atoms with Crippen molar-refractivity contribution in [2.24, 2.45) is 0 Å². The molecule has 0 spiro atoms. The predicted octanol–water partition coefficient (Wildman–Crippen LogP) is 3.83. The lowest BCUT2D eigenvalue weighted by molar-refractivity contribution is 0.213. The van der Waals surface area contributed by atoms with Crippen molar-refractivity contribution in [1.82, 2.24) is 0 Å². The van der Waals surface area contributed by atoms with E-state index in [1.54, 1.807) is 12.1 Å². The van der Waals surface area contributed by atoms with Crippen molar-refractivity contribution in [3.63, 3.8) is 0 Å². The molecule has 0 aliphatic heterocycles. The van der Waals surface area contributed by atoms with Crippen LogP contribution in [0.4, 0.5) is 8.78 Å². The van der Waals surface area contributed by atoms with Crippen molar-refractivity contribution in [1.29, 1.82) is 0 Å². The molecule has 0 amide bonds. The van der Waals surface area contributed by atoms with Gasteiger partial charge in [-0.25, -0.2) is 8.78 Å². The number of benzene rings is 2. The number of ether oxygens (including phenoxy) is 2. The SMILES string of the molecule is COc1ccc(C(O)c2cc(F)c(Br)cc2F)cc1OC. The standard InChI is InChI=1S/C15H13BrF2O3/c1-20-13-4-3-8(5-14(13)21-2)15(19)9-6-12(18)10(16)7-11(9)17/h3-7,15,19H,1-2H3. The van der Waals surface area contributed by atoms with Crippen LogP contribution in [0.3, 0.4) is 0 Å². The summed E-state index contributed by atoms with van der Waals surface area (Å²) in [5.74, 6) is -0.473. The Bertz CT molecular complexity index is 662. The Morgan fingerprint density at radius 1 is 1.00 bits per heavy atom. The number of aliphatic hydroxyl groups excluding tert-OH is 1. The maximum Gasteiger partial charge on any atom is 0.161 e. The number of aliphatic hydroxyl groups is 1. The molecular formula is C15H13BrF2O3. The van der Waals surface area contributed by atoms with Crippen molar-refractivity contribution >= 4 is 15.9 Å². The molecule has 0 aliphatic rings. The molecule has 0 fully saturated rings. The van der Waals surface area contributed by atoms with Crippen molar-refractivity contribution in [3.8, 4) is 11.5 Å². The lowest BCUT2D eigenvalue weighted by Crippen LogP contribution is -2.04. The molecule has 0 saturated heterocycles. The fourth-order valence-electron chi connectivity index (χ4n) is 1.95. The van der Waals surface area contributed by atoms with Crippen molar-refractivity contribution in [3.05, 3.63) is 57.6 Å². The van der Waals surface area contributed by atoms with Crippen LogP contribution >= 0.6 is 15.9 Å². The lowest BCUT2D eigenvalue weighted by Gasteiger charge is -2.15. The number of methoxy groups -OCH3 is 2. The van der Waals surface area contributed by atoms with Crippen molar-refractivity contribution in [2.45, 2.75) is 6.10 Å². The van der Waals surface area contributed by atoms with E-state index < -0.39 is 17.7 Å². The number of halogens is 3. The van der Waals surface area contributed by atoms with E-state index in [2.05, 4.69) is 15.9 Å². The second kappa shape index (κ2) is 6.41. The van der Waals surface area contributed by atoms with E-state index in [9.17, 15) is 13.9 Å². The summed E-state index contributed by atoms with van der Waals surface area (Å²) in [5.41, 5.74) is 0.219. The van der Waals surface area contributed by atoms with E-state index in [0.717, 1.165) is 12.1 Å². The molecule has 21 heavy (non-hydrogen) atoms. The van der Waals surface area contributed by atoms with Gasteiger partial charge in [-0.05, 0) is 45.8 Å². The fourth-order valence-corrected chi connectivity index (χ4v) is 2.27. The molecule has 1 atom stereocenters. The smallest absolute Gasteiger partial charge is 0.161 e. The summed E-state index contributed by atoms with van der Waals surface area (Å²) in [6.45, 7) is 0. The Morgan fingerprint density at radius 3 is 2.29 bits per heavy atom. The molecule has 1 N–H and O–H groups in total. The van der Waals surface area contributed by atoms with Crippen LogP contribution in [-0.4, -0.2) is 19.3 Å². The highest BCUT2D eigenvalue weighted by molar-refractivity contribution is 9.10. The van der Waals surface area contributed by atoms with Crippen LogP contribution in [0.2, 0.25) is 0 Å². The third-order valence-electron chi connectivity index (χ3n) is 3.06. The molecule has 2 aromatic rings. The van der Waals surface area contributed by atoms with Gasteiger partial charge in [-0.3, -0.25) is 0 Å². The monoisotopic (exact) mass is 358 g/mol. The number of rotatable bonds is 4. The Morgan fingerprint density at radius 2 is 1.67 bits per heavy atom. The zero-order valence-electron chi connectivity index (χ0n) is 11.4. The van der Waals surface area contributed by atoms with E-state index in [1.165, 1.54) is 20.3 Å². The summed E-state index contributed by atoms with van der Waals surface area (Å²) in [6.07, 6.45) is -1.31. The summed E-state index contributed by atoms with van der Waals surface area (Å²) in [4.78, 5) is 0. The minimum absolute atomic E-state index is 0.00302. The van der Waals surface area contributed by atoms with E-state index in [4.69, 9.17) is 9.47 Å². The molecular weight excluding hydrogens is 346 g/mol. The van der Waals surface area contributed by atoms with Crippen LogP contribution in [-0.2, 0) is 0 Å². The highest BCUT2D eigenvalue weighted by atomic mass is 79.9. The topological polar surface area (TPSA) is 38.7 Å². The van der Waals surface area contributed by atoms with Crippen molar-refractivity contribution < 1.29 is 23.4 Å². The predicted molar refractivity (Wildman–Crippen MR) is 77.7 cm³/mol. The Hall–Kier alpha value is -1.66. The van der Waals surface area contributed by atoms with Crippen LogP contribution in [0, 0.1) is 11.6 Å². The first-order chi connectivity index (χ1) is 9.97. The number of hydrogen-bond acceptors (Lipinski definition) is 3. The van der Waals surface area contributed by atoms with Gasteiger partial charge in [0.05, 0.1) is 18.7 Å². The van der Waals surface area contributed by atoms with Crippen LogP contribution < -0.4 is 9.47 Å². The quantitative estimate of drug-likeness (QED) is 0.844. The highest BCUT2D eigenvalue weighted by Gasteiger charge is 2.19. The second-order valence-corrected chi connectivity index (χ2v) is 5.16. The second-order valence-electron chi connectivity index (χ2n) is 4.30. The highest BCUT2D eigenvalue weighted by Crippen LogP contribution is 2.34. The van der Waals surface area contributed by atoms with Gasteiger partial charge in [-0.2, -0.15) is 0 Å². The molecule has 1 unspecified atom stereocenters. The summed E-state index contributed by atoms with van der Waals surface area (Å²) < 4.78 is 37.6. The van der Waals surface area contributed by atoms with E-state index in [0.29, 0.717) is 17.1 Å². The first-order valence-corrected chi connectivity index (χ1v) is 6.81. The van der Waals surface area contributed by atoms with E-state index in [1.807, 2.05) is 0 Å². The van der Waals surface area contributed by atoms with Gasteiger partial charge in [0.1, 0.15) is 17.7 Å². The van der Waals surface area contributed by atoms with Gasteiger partial charge in [-0.1, -0.05) is 6.07 Å². The molecule has 0 saturated carbocycles. The normalized spacial score (nSPS) is 12.1. The maximum absolute atomic E-state index is 13.9. The summed E-state index contributed by atoms with van der Waals surface area (Å²) in [5, 5.41) is 10.3. The molecule has 112 valence electrons.